The summed E-state index contributed by atoms with van der Waals surface area (Å²) in [6.07, 6.45) is 0.576. The minimum Gasteiger partial charge on any atom is -0.497 e. The summed E-state index contributed by atoms with van der Waals surface area (Å²) < 4.78 is 45.3. The van der Waals surface area contributed by atoms with Crippen molar-refractivity contribution < 1.29 is 27.5 Å². The zero-order valence-electron chi connectivity index (χ0n) is 16.4. The highest BCUT2D eigenvalue weighted by atomic mass is 19.2. The number of carbonyl (C=O) groups is 2. The topological polar surface area (TPSA) is 74.4 Å². The van der Waals surface area contributed by atoms with E-state index in [4.69, 9.17) is 4.74 Å². The first-order chi connectivity index (χ1) is 14.3. The van der Waals surface area contributed by atoms with E-state index in [1.807, 2.05) is 6.92 Å². The van der Waals surface area contributed by atoms with Crippen LogP contribution in [0.2, 0.25) is 0 Å². The van der Waals surface area contributed by atoms with Gasteiger partial charge in [-0.15, -0.1) is 0 Å². The quantitative estimate of drug-likeness (QED) is 0.567. The third-order valence-electron chi connectivity index (χ3n) is 4.48. The summed E-state index contributed by atoms with van der Waals surface area (Å²) in [5.74, 6) is -5.07. The van der Waals surface area contributed by atoms with Gasteiger partial charge in [-0.1, -0.05) is 6.92 Å². The minimum absolute atomic E-state index is 0.269. The molecule has 1 heterocycles. The summed E-state index contributed by atoms with van der Waals surface area (Å²) >= 11 is 0. The molecule has 0 aliphatic rings. The second-order valence-electron chi connectivity index (χ2n) is 6.63. The molecule has 1 aromatic heterocycles. The Balaban J connectivity index is 1.77. The Labute approximate surface area is 170 Å². The normalized spacial score (nSPS) is 10.8. The molecular weight excluding hydrogens is 399 g/mol. The molecule has 0 spiro atoms. The second-order valence-corrected chi connectivity index (χ2v) is 6.63. The number of benzene rings is 2. The summed E-state index contributed by atoms with van der Waals surface area (Å²) in [5.41, 5.74) is 0.474. The molecule has 9 heteroatoms. The van der Waals surface area contributed by atoms with E-state index < -0.39 is 35.0 Å². The van der Waals surface area contributed by atoms with Crippen LogP contribution in [0.5, 0.6) is 5.75 Å². The Morgan fingerprint density at radius 3 is 2.57 bits per heavy atom. The standard InChI is InChI=1S/C21H20F3N3O3/c1-3-8-27(11-18(28)26-15-7-6-14(22)19(23)20(15)24)21(29)17-9-12-4-5-13(30-2)10-16(12)25-17/h4-7,9-10,25H,3,8,11H2,1-2H3,(H,26,28). The summed E-state index contributed by atoms with van der Waals surface area (Å²) in [6.45, 7) is 1.72. The number of hydrogen-bond donors (Lipinski definition) is 2. The first-order valence-corrected chi connectivity index (χ1v) is 9.23. The van der Waals surface area contributed by atoms with Gasteiger partial charge in [0.2, 0.25) is 5.91 Å². The summed E-state index contributed by atoms with van der Waals surface area (Å²) in [5, 5.41) is 2.97. The second kappa shape index (κ2) is 8.89. The number of carbonyl (C=O) groups excluding carboxylic acids is 2. The Bertz CT molecular complexity index is 1100. The molecule has 0 fully saturated rings. The predicted molar refractivity (Wildman–Crippen MR) is 106 cm³/mol. The van der Waals surface area contributed by atoms with Crippen molar-refractivity contribution in [1.82, 2.24) is 9.88 Å². The van der Waals surface area contributed by atoms with Crippen LogP contribution in [0.15, 0.2) is 36.4 Å². The van der Waals surface area contributed by atoms with Crippen LogP contribution in [-0.4, -0.2) is 41.9 Å². The molecule has 2 amide bonds. The van der Waals surface area contributed by atoms with E-state index in [2.05, 4.69) is 10.3 Å². The van der Waals surface area contributed by atoms with Gasteiger partial charge in [-0.3, -0.25) is 9.59 Å². The molecule has 30 heavy (non-hydrogen) atoms. The fraction of sp³-hybridized carbons (Fsp3) is 0.238. The van der Waals surface area contributed by atoms with Crippen molar-refractivity contribution in [2.24, 2.45) is 0 Å². The van der Waals surface area contributed by atoms with Gasteiger partial charge in [0.05, 0.1) is 12.8 Å². The van der Waals surface area contributed by atoms with Crippen molar-refractivity contribution in [3.05, 3.63) is 59.5 Å². The van der Waals surface area contributed by atoms with Gasteiger partial charge in [-0.2, -0.15) is 0 Å². The maximum Gasteiger partial charge on any atom is 0.270 e. The number of aromatic amines is 1. The van der Waals surface area contributed by atoms with Crippen LogP contribution >= 0.6 is 0 Å². The summed E-state index contributed by atoms with van der Waals surface area (Å²) in [4.78, 5) is 29.5. The lowest BCUT2D eigenvalue weighted by Crippen LogP contribution is -2.38. The number of rotatable bonds is 7. The predicted octanol–water partition coefficient (Wildman–Crippen LogP) is 4.08. The van der Waals surface area contributed by atoms with Crippen LogP contribution in [0.1, 0.15) is 23.8 Å². The van der Waals surface area contributed by atoms with Crippen molar-refractivity contribution in [3.63, 3.8) is 0 Å². The van der Waals surface area contributed by atoms with Gasteiger partial charge < -0.3 is 19.9 Å². The lowest BCUT2D eigenvalue weighted by molar-refractivity contribution is -0.116. The van der Waals surface area contributed by atoms with Gasteiger partial charge in [-0.25, -0.2) is 13.2 Å². The molecule has 0 saturated heterocycles. The average Bonchev–Trinajstić information content (AvgIpc) is 3.16. The molecule has 0 unspecified atom stereocenters. The van der Waals surface area contributed by atoms with Gasteiger partial charge >= 0.3 is 0 Å². The average molecular weight is 419 g/mol. The number of methoxy groups -OCH3 is 1. The summed E-state index contributed by atoms with van der Waals surface area (Å²) in [7, 11) is 1.54. The molecule has 2 aromatic carbocycles. The molecule has 0 bridgehead atoms. The molecular formula is C21H20F3N3O3. The molecule has 0 aliphatic heterocycles. The number of nitrogens with one attached hydrogen (secondary N) is 2. The van der Waals surface area contributed by atoms with Crippen molar-refractivity contribution in [2.75, 3.05) is 25.5 Å². The van der Waals surface area contributed by atoms with E-state index in [9.17, 15) is 22.8 Å². The minimum atomic E-state index is -1.68. The molecule has 0 radical (unpaired) electrons. The number of halogens is 3. The van der Waals surface area contributed by atoms with E-state index in [0.717, 1.165) is 11.5 Å². The Hall–Kier alpha value is -3.49. The van der Waals surface area contributed by atoms with Crippen molar-refractivity contribution in [3.8, 4) is 5.75 Å². The molecule has 0 atom stereocenters. The Kier molecular flexibility index (Phi) is 6.29. The SMILES string of the molecule is CCCN(CC(=O)Nc1ccc(F)c(F)c1F)C(=O)c1cc2ccc(OC)cc2[nH]1. The van der Waals surface area contributed by atoms with E-state index in [-0.39, 0.29) is 18.8 Å². The number of nitrogens with zero attached hydrogens (tertiary/aromatic N) is 1. The highest BCUT2D eigenvalue weighted by molar-refractivity contribution is 6.01. The van der Waals surface area contributed by atoms with Crippen molar-refractivity contribution >= 4 is 28.4 Å². The lowest BCUT2D eigenvalue weighted by atomic mass is 10.2. The van der Waals surface area contributed by atoms with E-state index in [0.29, 0.717) is 23.8 Å². The molecule has 3 rings (SSSR count). The van der Waals surface area contributed by atoms with Gasteiger partial charge in [0.25, 0.3) is 5.91 Å². The van der Waals surface area contributed by atoms with Gasteiger partial charge in [0, 0.05) is 23.5 Å². The first-order valence-electron chi connectivity index (χ1n) is 9.23. The maximum absolute atomic E-state index is 13.8. The number of aromatic nitrogens is 1. The molecule has 0 aliphatic carbocycles. The lowest BCUT2D eigenvalue weighted by Gasteiger charge is -2.21. The number of hydrogen-bond acceptors (Lipinski definition) is 3. The Morgan fingerprint density at radius 1 is 1.10 bits per heavy atom. The van der Waals surface area contributed by atoms with Crippen LogP contribution in [-0.2, 0) is 4.79 Å². The number of fused-ring (bicyclic) bond motifs is 1. The van der Waals surface area contributed by atoms with E-state index in [1.165, 1.54) is 12.0 Å². The monoisotopic (exact) mass is 419 g/mol. The number of anilines is 1. The van der Waals surface area contributed by atoms with E-state index in [1.54, 1.807) is 24.3 Å². The van der Waals surface area contributed by atoms with Gasteiger partial charge in [0.15, 0.2) is 17.5 Å². The number of H-pyrrole nitrogens is 1. The zero-order valence-corrected chi connectivity index (χ0v) is 16.4. The molecule has 3 aromatic rings. The largest absolute Gasteiger partial charge is 0.497 e. The number of amides is 2. The molecule has 2 N–H and O–H groups in total. The van der Waals surface area contributed by atoms with Crippen LogP contribution in [0, 0.1) is 17.5 Å². The zero-order chi connectivity index (χ0) is 21.8. The maximum atomic E-state index is 13.8. The highest BCUT2D eigenvalue weighted by Gasteiger charge is 2.22. The van der Waals surface area contributed by atoms with E-state index >= 15 is 0 Å². The van der Waals surface area contributed by atoms with Gasteiger partial charge in [-0.05, 0) is 36.8 Å². The third-order valence-corrected chi connectivity index (χ3v) is 4.48. The van der Waals surface area contributed by atoms with Crippen LogP contribution in [0.3, 0.4) is 0 Å². The fourth-order valence-electron chi connectivity index (χ4n) is 3.03. The molecule has 6 nitrogen and oxygen atoms in total. The third kappa shape index (κ3) is 4.40. The number of ether oxygens (including phenoxy) is 1. The first kappa shape index (κ1) is 21.2. The van der Waals surface area contributed by atoms with Crippen LogP contribution < -0.4 is 10.1 Å². The van der Waals surface area contributed by atoms with Crippen LogP contribution in [0.4, 0.5) is 18.9 Å². The smallest absolute Gasteiger partial charge is 0.270 e. The van der Waals surface area contributed by atoms with Crippen LogP contribution in [0.25, 0.3) is 10.9 Å². The highest BCUT2D eigenvalue weighted by Crippen LogP contribution is 2.22. The fourth-order valence-corrected chi connectivity index (χ4v) is 3.03. The molecule has 158 valence electrons. The molecule has 0 saturated carbocycles. The van der Waals surface area contributed by atoms with Crippen molar-refractivity contribution in [2.45, 2.75) is 13.3 Å². The van der Waals surface area contributed by atoms with Gasteiger partial charge in [0.1, 0.15) is 18.0 Å². The van der Waals surface area contributed by atoms with Crippen molar-refractivity contribution in [1.29, 1.82) is 0 Å². The summed E-state index contributed by atoms with van der Waals surface area (Å²) in [6, 6.07) is 8.59. The Morgan fingerprint density at radius 2 is 1.87 bits per heavy atom.